The molecule has 0 spiro atoms. The van der Waals surface area contributed by atoms with Crippen LogP contribution in [0.15, 0.2) is 42.5 Å². The summed E-state index contributed by atoms with van der Waals surface area (Å²) in [4.78, 5) is 9.28. The molecular weight excluding hydrogens is 330 g/mol. The lowest BCUT2D eigenvalue weighted by Gasteiger charge is -2.13. The molecule has 2 aromatic carbocycles. The van der Waals surface area contributed by atoms with E-state index >= 15 is 0 Å². The molecule has 7 heteroatoms. The summed E-state index contributed by atoms with van der Waals surface area (Å²) < 4.78 is 12.4. The minimum Gasteiger partial charge on any atom is -0.497 e. The molecule has 0 atom stereocenters. The van der Waals surface area contributed by atoms with Crippen molar-refractivity contribution in [1.29, 1.82) is 5.26 Å². The highest BCUT2D eigenvalue weighted by atomic mass is 16.5. The summed E-state index contributed by atoms with van der Waals surface area (Å²) in [6.07, 6.45) is 0. The van der Waals surface area contributed by atoms with Gasteiger partial charge in [-0.15, -0.1) is 0 Å². The average Bonchev–Trinajstić information content (AvgIpc) is 2.95. The van der Waals surface area contributed by atoms with Crippen LogP contribution in [0.3, 0.4) is 0 Å². The number of nitrogens with zero attached hydrogens (tertiary/aromatic N) is 4. The van der Waals surface area contributed by atoms with Gasteiger partial charge >= 0.3 is 0 Å². The molecule has 0 aliphatic heterocycles. The van der Waals surface area contributed by atoms with Gasteiger partial charge in [0.15, 0.2) is 5.65 Å². The van der Waals surface area contributed by atoms with Crippen LogP contribution in [0.25, 0.3) is 27.9 Å². The van der Waals surface area contributed by atoms with Crippen LogP contribution in [0.5, 0.6) is 11.5 Å². The van der Waals surface area contributed by atoms with E-state index in [0.717, 1.165) is 5.52 Å². The highest BCUT2D eigenvalue weighted by Crippen LogP contribution is 2.35. The molecule has 4 aromatic rings. The smallest absolute Gasteiger partial charge is 0.167 e. The molecule has 0 saturated heterocycles. The number of hydrogen-bond donors (Lipinski definition) is 1. The van der Waals surface area contributed by atoms with E-state index < -0.39 is 0 Å². The lowest BCUT2D eigenvalue weighted by molar-refractivity contribution is 0.393. The number of ether oxygens (including phenoxy) is 2. The van der Waals surface area contributed by atoms with Crippen molar-refractivity contribution in [3.8, 4) is 23.3 Å². The van der Waals surface area contributed by atoms with E-state index in [9.17, 15) is 5.26 Å². The molecule has 2 N–H and O–H groups in total. The molecule has 0 unspecified atom stereocenters. The second-order valence-electron chi connectivity index (χ2n) is 5.63. The lowest BCUT2D eigenvalue weighted by atomic mass is 10.2. The van der Waals surface area contributed by atoms with Crippen LogP contribution in [0.2, 0.25) is 0 Å². The molecule has 2 heterocycles. The van der Waals surface area contributed by atoms with Gasteiger partial charge in [0.1, 0.15) is 34.5 Å². The normalized spacial score (nSPS) is 10.8. The van der Waals surface area contributed by atoms with Crippen molar-refractivity contribution in [2.75, 3.05) is 20.0 Å². The maximum absolute atomic E-state index is 9.60. The van der Waals surface area contributed by atoms with Crippen molar-refractivity contribution in [2.24, 2.45) is 0 Å². The van der Waals surface area contributed by atoms with Crippen molar-refractivity contribution < 1.29 is 9.47 Å². The summed E-state index contributed by atoms with van der Waals surface area (Å²) in [6, 6.07) is 15.0. The molecule has 4 rings (SSSR count). The van der Waals surface area contributed by atoms with Gasteiger partial charge in [0, 0.05) is 6.07 Å². The number of para-hydroxylation sites is 2. The highest BCUT2D eigenvalue weighted by molar-refractivity contribution is 5.93. The molecular formula is C19H15N5O2. The van der Waals surface area contributed by atoms with Gasteiger partial charge in [-0.3, -0.25) is 4.57 Å². The minimum absolute atomic E-state index is 0.265. The Hall–Kier alpha value is -3.79. The quantitative estimate of drug-likeness (QED) is 0.613. The first kappa shape index (κ1) is 15.7. The molecule has 0 aliphatic carbocycles. The third kappa shape index (κ3) is 2.20. The molecule has 0 bridgehead atoms. The average molecular weight is 345 g/mol. The topological polar surface area (TPSA) is 99.0 Å². The second-order valence-corrected chi connectivity index (χ2v) is 5.63. The van der Waals surface area contributed by atoms with Crippen molar-refractivity contribution in [2.45, 2.75) is 0 Å². The maximum atomic E-state index is 9.60. The molecule has 7 nitrogen and oxygen atoms in total. The first-order valence-electron chi connectivity index (χ1n) is 7.87. The lowest BCUT2D eigenvalue weighted by Crippen LogP contribution is -2.04. The van der Waals surface area contributed by atoms with Crippen LogP contribution in [0, 0.1) is 11.3 Å². The Morgan fingerprint density at radius 2 is 1.77 bits per heavy atom. The Morgan fingerprint density at radius 1 is 1.04 bits per heavy atom. The Balaban J connectivity index is 2.12. The van der Waals surface area contributed by atoms with Crippen LogP contribution >= 0.6 is 0 Å². The zero-order valence-electron chi connectivity index (χ0n) is 14.2. The number of methoxy groups -OCH3 is 2. The molecule has 0 radical (unpaired) electrons. The predicted molar refractivity (Wildman–Crippen MR) is 98.6 cm³/mol. The zero-order valence-corrected chi connectivity index (χ0v) is 14.2. The number of nitrogen functional groups attached to an aromatic ring is 1. The second kappa shape index (κ2) is 5.93. The number of fused-ring (bicyclic) bond motifs is 2. The number of aromatic nitrogens is 3. The van der Waals surface area contributed by atoms with E-state index in [1.165, 1.54) is 0 Å². The molecule has 26 heavy (non-hydrogen) atoms. The third-order valence-corrected chi connectivity index (χ3v) is 4.24. The van der Waals surface area contributed by atoms with Crippen molar-refractivity contribution in [1.82, 2.24) is 14.5 Å². The summed E-state index contributed by atoms with van der Waals surface area (Å²) in [5.74, 6) is 1.46. The van der Waals surface area contributed by atoms with Crippen LogP contribution in [-0.2, 0) is 0 Å². The van der Waals surface area contributed by atoms with E-state index in [1.54, 1.807) is 30.9 Å². The number of benzene rings is 2. The van der Waals surface area contributed by atoms with Crippen LogP contribution in [-0.4, -0.2) is 28.8 Å². The number of nitriles is 1. The van der Waals surface area contributed by atoms with E-state index in [-0.39, 0.29) is 11.4 Å². The van der Waals surface area contributed by atoms with Gasteiger partial charge in [-0.1, -0.05) is 12.1 Å². The maximum Gasteiger partial charge on any atom is 0.167 e. The van der Waals surface area contributed by atoms with Crippen LogP contribution < -0.4 is 15.2 Å². The van der Waals surface area contributed by atoms with Gasteiger partial charge in [0.25, 0.3) is 0 Å². The Labute approximate surface area is 149 Å². The first-order valence-corrected chi connectivity index (χ1v) is 7.87. The number of anilines is 1. The van der Waals surface area contributed by atoms with E-state index in [0.29, 0.717) is 33.9 Å². The summed E-state index contributed by atoms with van der Waals surface area (Å²) in [5, 5.41) is 9.60. The number of hydrogen-bond acceptors (Lipinski definition) is 6. The third-order valence-electron chi connectivity index (χ3n) is 4.24. The fourth-order valence-corrected chi connectivity index (χ4v) is 2.99. The summed E-state index contributed by atoms with van der Waals surface area (Å²) in [7, 11) is 3.14. The first-order chi connectivity index (χ1) is 12.7. The van der Waals surface area contributed by atoms with Crippen molar-refractivity contribution >= 4 is 28.0 Å². The van der Waals surface area contributed by atoms with Gasteiger partial charge in [-0.25, -0.2) is 9.97 Å². The predicted octanol–water partition coefficient (Wildman–Crippen LogP) is 3.04. The minimum atomic E-state index is 0.265. The van der Waals surface area contributed by atoms with Crippen LogP contribution in [0.1, 0.15) is 5.56 Å². The largest absolute Gasteiger partial charge is 0.497 e. The SMILES string of the molecule is COc1ccc(-n2c(N)c(C#N)c3nc4ccccc4nc32)c(OC)c1. The fourth-order valence-electron chi connectivity index (χ4n) is 2.99. The monoisotopic (exact) mass is 345 g/mol. The fraction of sp³-hybridized carbons (Fsp3) is 0.105. The van der Waals surface area contributed by atoms with Crippen LogP contribution in [0.4, 0.5) is 5.82 Å². The van der Waals surface area contributed by atoms with Gasteiger partial charge in [-0.2, -0.15) is 5.26 Å². The summed E-state index contributed by atoms with van der Waals surface area (Å²) >= 11 is 0. The van der Waals surface area contributed by atoms with Crippen molar-refractivity contribution in [3.05, 3.63) is 48.0 Å². The standard InChI is InChI=1S/C19H15N5O2/c1-25-11-7-8-15(16(9-11)26-2)24-18(21)12(10-20)17-19(24)23-14-6-4-3-5-13(14)22-17/h3-9H,21H2,1-2H3. The molecule has 2 aromatic heterocycles. The molecule has 0 aliphatic rings. The van der Waals surface area contributed by atoms with E-state index in [4.69, 9.17) is 15.2 Å². The van der Waals surface area contributed by atoms with Gasteiger partial charge in [0.2, 0.25) is 0 Å². The zero-order chi connectivity index (χ0) is 18.3. The molecule has 128 valence electrons. The van der Waals surface area contributed by atoms with Gasteiger partial charge in [-0.05, 0) is 24.3 Å². The molecule has 0 amide bonds. The summed E-state index contributed by atoms with van der Waals surface area (Å²) in [5.41, 5.74) is 9.61. The van der Waals surface area contributed by atoms with Crippen molar-refractivity contribution in [3.63, 3.8) is 0 Å². The molecule has 0 saturated carbocycles. The van der Waals surface area contributed by atoms with Gasteiger partial charge in [0.05, 0.1) is 30.9 Å². The number of nitrogens with two attached hydrogens (primary N) is 1. The Bertz CT molecular complexity index is 1190. The Kier molecular flexibility index (Phi) is 3.59. The Morgan fingerprint density at radius 3 is 2.42 bits per heavy atom. The van der Waals surface area contributed by atoms with Gasteiger partial charge < -0.3 is 15.2 Å². The highest BCUT2D eigenvalue weighted by Gasteiger charge is 2.21. The number of rotatable bonds is 3. The molecule has 0 fully saturated rings. The van der Waals surface area contributed by atoms with E-state index in [2.05, 4.69) is 16.0 Å². The summed E-state index contributed by atoms with van der Waals surface area (Å²) in [6.45, 7) is 0. The van der Waals surface area contributed by atoms with E-state index in [1.807, 2.05) is 30.3 Å².